The fourth-order valence-electron chi connectivity index (χ4n) is 1.66. The van der Waals surface area contributed by atoms with E-state index in [4.69, 9.17) is 0 Å². The third-order valence-electron chi connectivity index (χ3n) is 2.50. The van der Waals surface area contributed by atoms with Crippen LogP contribution in [0.1, 0.15) is 6.42 Å². The van der Waals surface area contributed by atoms with Crippen molar-refractivity contribution in [3.8, 4) is 0 Å². The zero-order valence-corrected chi connectivity index (χ0v) is 9.73. The molecule has 1 atom stereocenters. The summed E-state index contributed by atoms with van der Waals surface area (Å²) < 4.78 is 12.9. The molecule has 1 heterocycles. The molecule has 1 aliphatic heterocycles. The van der Waals surface area contributed by atoms with Crippen LogP contribution in [0.2, 0.25) is 0 Å². The van der Waals surface area contributed by atoms with Gasteiger partial charge in [0.25, 0.3) is 0 Å². The van der Waals surface area contributed by atoms with Crippen LogP contribution in [0.15, 0.2) is 18.2 Å². The van der Waals surface area contributed by atoms with Crippen molar-refractivity contribution in [1.82, 2.24) is 0 Å². The van der Waals surface area contributed by atoms with Crippen molar-refractivity contribution in [2.75, 3.05) is 22.6 Å². The van der Waals surface area contributed by atoms with Crippen LogP contribution in [-0.2, 0) is 4.79 Å². The van der Waals surface area contributed by atoms with Gasteiger partial charge in [0.05, 0.1) is 11.4 Å². The Balaban J connectivity index is 2.15. The van der Waals surface area contributed by atoms with Gasteiger partial charge in [-0.05, 0) is 36.6 Å². The molecule has 1 aliphatic rings. The number of hydrogen-bond acceptors (Lipinski definition) is 3. The third-order valence-corrected chi connectivity index (χ3v) is 3.14. The van der Waals surface area contributed by atoms with Crippen LogP contribution in [0.3, 0.4) is 0 Å². The van der Waals surface area contributed by atoms with Crippen molar-refractivity contribution in [2.45, 2.75) is 12.5 Å². The molecule has 16 heavy (non-hydrogen) atoms. The van der Waals surface area contributed by atoms with Crippen LogP contribution < -0.4 is 10.6 Å². The van der Waals surface area contributed by atoms with Gasteiger partial charge < -0.3 is 10.6 Å². The smallest absolute Gasteiger partial charge is 0.246 e. The van der Waals surface area contributed by atoms with Gasteiger partial charge in [0.15, 0.2) is 0 Å². The summed E-state index contributed by atoms with van der Waals surface area (Å²) in [5.41, 5.74) is 1.30. The molecule has 0 aromatic heterocycles. The number of hydrogen-bond donors (Lipinski definition) is 2. The molecule has 5 heteroatoms. The van der Waals surface area contributed by atoms with Gasteiger partial charge in [-0.15, -0.1) is 0 Å². The van der Waals surface area contributed by atoms with E-state index in [1.54, 1.807) is 17.8 Å². The maximum atomic E-state index is 12.9. The molecule has 1 aromatic rings. The minimum atomic E-state index is -0.344. The monoisotopic (exact) mass is 240 g/mol. The number of fused-ring (bicyclic) bond motifs is 1. The van der Waals surface area contributed by atoms with Crippen LogP contribution in [0, 0.1) is 5.82 Å². The van der Waals surface area contributed by atoms with Crippen molar-refractivity contribution < 1.29 is 9.18 Å². The molecule has 3 nitrogen and oxygen atoms in total. The Kier molecular flexibility index (Phi) is 3.33. The first-order valence-electron chi connectivity index (χ1n) is 5.06. The van der Waals surface area contributed by atoms with Crippen LogP contribution in [0.5, 0.6) is 0 Å². The molecule has 0 radical (unpaired) electrons. The van der Waals surface area contributed by atoms with Gasteiger partial charge in [0, 0.05) is 0 Å². The van der Waals surface area contributed by atoms with Crippen LogP contribution in [-0.4, -0.2) is 24.0 Å². The molecule has 1 unspecified atom stereocenters. The summed E-state index contributed by atoms with van der Waals surface area (Å²) >= 11 is 1.70. The van der Waals surface area contributed by atoms with E-state index < -0.39 is 0 Å². The first kappa shape index (κ1) is 11.3. The number of thioether (sulfide) groups is 1. The Morgan fingerprint density at radius 2 is 2.25 bits per heavy atom. The van der Waals surface area contributed by atoms with Crippen molar-refractivity contribution in [1.29, 1.82) is 0 Å². The molecule has 2 N–H and O–H groups in total. The average molecular weight is 240 g/mol. The predicted molar refractivity (Wildman–Crippen MR) is 65.4 cm³/mol. The second kappa shape index (κ2) is 4.74. The molecule has 1 aromatic carbocycles. The number of rotatable bonds is 3. The Hall–Kier alpha value is -1.23. The van der Waals surface area contributed by atoms with E-state index in [0.29, 0.717) is 5.69 Å². The van der Waals surface area contributed by atoms with E-state index in [1.165, 1.54) is 12.1 Å². The summed E-state index contributed by atoms with van der Waals surface area (Å²) in [6.45, 7) is 0. The Bertz CT molecular complexity index is 411. The summed E-state index contributed by atoms with van der Waals surface area (Å²) in [6, 6.07) is 4.14. The minimum Gasteiger partial charge on any atom is -0.372 e. The quantitative estimate of drug-likeness (QED) is 0.852. The fourth-order valence-corrected chi connectivity index (χ4v) is 2.13. The molecule has 0 spiro atoms. The van der Waals surface area contributed by atoms with Gasteiger partial charge in [0.1, 0.15) is 11.9 Å². The summed E-state index contributed by atoms with van der Waals surface area (Å²) in [5, 5.41) is 5.83. The maximum absolute atomic E-state index is 12.9. The highest BCUT2D eigenvalue weighted by Gasteiger charge is 2.24. The largest absolute Gasteiger partial charge is 0.372 e. The summed E-state index contributed by atoms with van der Waals surface area (Å²) in [4.78, 5) is 11.7. The lowest BCUT2D eigenvalue weighted by atomic mass is 10.1. The van der Waals surface area contributed by atoms with E-state index in [9.17, 15) is 9.18 Å². The van der Waals surface area contributed by atoms with Crippen molar-refractivity contribution >= 4 is 29.0 Å². The van der Waals surface area contributed by atoms with Crippen LogP contribution in [0.25, 0.3) is 0 Å². The Labute approximate surface area is 97.8 Å². The molecule has 0 saturated carbocycles. The number of nitrogens with one attached hydrogen (secondary N) is 2. The number of anilines is 2. The zero-order chi connectivity index (χ0) is 11.5. The number of halogens is 1. The van der Waals surface area contributed by atoms with Gasteiger partial charge in [-0.25, -0.2) is 4.39 Å². The van der Waals surface area contributed by atoms with E-state index in [2.05, 4.69) is 10.6 Å². The van der Waals surface area contributed by atoms with Crippen LogP contribution >= 0.6 is 11.8 Å². The van der Waals surface area contributed by atoms with Gasteiger partial charge in [-0.2, -0.15) is 11.8 Å². The molecular weight excluding hydrogens is 227 g/mol. The highest BCUT2D eigenvalue weighted by atomic mass is 32.2. The molecule has 0 fully saturated rings. The van der Waals surface area contributed by atoms with Gasteiger partial charge in [-0.1, -0.05) is 0 Å². The maximum Gasteiger partial charge on any atom is 0.246 e. The minimum absolute atomic E-state index is 0.0906. The topological polar surface area (TPSA) is 41.1 Å². The number of benzene rings is 1. The van der Waals surface area contributed by atoms with Gasteiger partial charge in [0.2, 0.25) is 5.91 Å². The van der Waals surface area contributed by atoms with Crippen molar-refractivity contribution in [3.63, 3.8) is 0 Å². The van der Waals surface area contributed by atoms with Gasteiger partial charge >= 0.3 is 0 Å². The molecule has 86 valence electrons. The molecule has 1 amide bonds. The Morgan fingerprint density at radius 3 is 3.00 bits per heavy atom. The summed E-state index contributed by atoms with van der Waals surface area (Å²) in [5.74, 6) is 0.484. The Morgan fingerprint density at radius 1 is 1.44 bits per heavy atom. The second-order valence-electron chi connectivity index (χ2n) is 3.66. The molecular formula is C11H13FN2OS. The highest BCUT2D eigenvalue weighted by molar-refractivity contribution is 7.98. The average Bonchev–Trinajstić information content (AvgIpc) is 2.26. The lowest BCUT2D eigenvalue weighted by Gasteiger charge is -2.26. The lowest BCUT2D eigenvalue weighted by molar-refractivity contribution is -0.117. The molecule has 0 aliphatic carbocycles. The standard InChI is InChI=1S/C11H13FN2OS/c1-16-5-4-9-11(15)14-10-6-7(12)2-3-8(10)13-9/h2-3,6,9,13H,4-5H2,1H3,(H,14,15). The van der Waals surface area contributed by atoms with E-state index in [1.807, 2.05) is 6.26 Å². The first-order chi connectivity index (χ1) is 7.70. The first-order valence-corrected chi connectivity index (χ1v) is 6.46. The molecule has 2 rings (SSSR count). The van der Waals surface area contributed by atoms with E-state index >= 15 is 0 Å². The number of carbonyl (C=O) groups is 1. The predicted octanol–water partition coefficient (Wildman–Crippen LogP) is 2.31. The highest BCUT2D eigenvalue weighted by Crippen LogP contribution is 2.28. The van der Waals surface area contributed by atoms with Crippen molar-refractivity contribution in [2.24, 2.45) is 0 Å². The van der Waals surface area contributed by atoms with E-state index in [0.717, 1.165) is 17.9 Å². The molecule has 0 bridgehead atoms. The lowest BCUT2D eigenvalue weighted by Crippen LogP contribution is -2.39. The molecule has 0 saturated heterocycles. The third kappa shape index (κ3) is 2.29. The number of amides is 1. The fraction of sp³-hybridized carbons (Fsp3) is 0.364. The summed E-state index contributed by atoms with van der Waals surface area (Å²) in [7, 11) is 0. The normalized spacial score (nSPS) is 18.6. The summed E-state index contributed by atoms with van der Waals surface area (Å²) in [6.07, 6.45) is 2.77. The number of carbonyl (C=O) groups excluding carboxylic acids is 1. The van der Waals surface area contributed by atoms with Gasteiger partial charge in [-0.3, -0.25) is 4.79 Å². The SMILES string of the molecule is CSCCC1Nc2ccc(F)cc2NC1=O. The second-order valence-corrected chi connectivity index (χ2v) is 4.64. The van der Waals surface area contributed by atoms with Crippen molar-refractivity contribution in [3.05, 3.63) is 24.0 Å². The van der Waals surface area contributed by atoms with Crippen LogP contribution in [0.4, 0.5) is 15.8 Å². The zero-order valence-electron chi connectivity index (χ0n) is 8.92. The van der Waals surface area contributed by atoms with E-state index in [-0.39, 0.29) is 17.8 Å².